The topological polar surface area (TPSA) is 58.6 Å². The van der Waals surface area contributed by atoms with E-state index in [0.29, 0.717) is 10.8 Å². The summed E-state index contributed by atoms with van der Waals surface area (Å²) in [6.45, 7) is 3.48. The molecule has 5 heteroatoms. The first-order valence-corrected chi connectivity index (χ1v) is 5.66. The molecule has 0 aliphatic rings. The average Bonchev–Trinajstić information content (AvgIpc) is 2.30. The van der Waals surface area contributed by atoms with Crippen LogP contribution in [0.2, 0.25) is 5.02 Å². The fourth-order valence-electron chi connectivity index (χ4n) is 1.35. The van der Waals surface area contributed by atoms with Gasteiger partial charge >= 0.3 is 5.97 Å². The minimum absolute atomic E-state index is 0.182. The SMILES string of the molecule is COc1cc(NC(C)C(C)C(=O)O)ccc1Cl. The Kier molecular flexibility index (Phi) is 4.63. The lowest BCUT2D eigenvalue weighted by atomic mass is 10.0. The zero-order chi connectivity index (χ0) is 13.0. The van der Waals surface area contributed by atoms with Crippen LogP contribution >= 0.6 is 11.6 Å². The molecular weight excluding hydrogens is 242 g/mol. The van der Waals surface area contributed by atoms with Crippen molar-refractivity contribution in [3.63, 3.8) is 0 Å². The number of anilines is 1. The number of rotatable bonds is 5. The van der Waals surface area contributed by atoms with Crippen molar-refractivity contribution in [3.05, 3.63) is 23.2 Å². The third-order valence-corrected chi connectivity index (χ3v) is 3.00. The Morgan fingerprint density at radius 3 is 2.65 bits per heavy atom. The summed E-state index contributed by atoms with van der Waals surface area (Å²) >= 11 is 5.90. The maximum atomic E-state index is 10.8. The van der Waals surface area contributed by atoms with Crippen LogP contribution in [-0.4, -0.2) is 24.2 Å². The lowest BCUT2D eigenvalue weighted by molar-refractivity contribution is -0.141. The Balaban J connectivity index is 2.78. The number of halogens is 1. The zero-order valence-corrected chi connectivity index (χ0v) is 10.8. The highest BCUT2D eigenvalue weighted by molar-refractivity contribution is 6.32. The molecule has 2 unspecified atom stereocenters. The summed E-state index contributed by atoms with van der Waals surface area (Å²) < 4.78 is 5.09. The van der Waals surface area contributed by atoms with Crippen LogP contribution in [0.15, 0.2) is 18.2 Å². The van der Waals surface area contributed by atoms with Gasteiger partial charge in [-0.1, -0.05) is 11.6 Å². The van der Waals surface area contributed by atoms with Crippen molar-refractivity contribution in [2.24, 2.45) is 5.92 Å². The molecule has 0 aliphatic heterocycles. The highest BCUT2D eigenvalue weighted by atomic mass is 35.5. The van der Waals surface area contributed by atoms with Crippen molar-refractivity contribution in [2.75, 3.05) is 12.4 Å². The molecule has 0 fully saturated rings. The molecule has 17 heavy (non-hydrogen) atoms. The van der Waals surface area contributed by atoms with Gasteiger partial charge in [-0.3, -0.25) is 4.79 Å². The van der Waals surface area contributed by atoms with Crippen LogP contribution in [-0.2, 0) is 4.79 Å². The number of carbonyl (C=O) groups is 1. The number of benzene rings is 1. The summed E-state index contributed by atoms with van der Waals surface area (Å²) in [4.78, 5) is 10.8. The van der Waals surface area contributed by atoms with E-state index in [1.807, 2.05) is 6.92 Å². The summed E-state index contributed by atoms with van der Waals surface area (Å²) in [6.07, 6.45) is 0. The molecular formula is C12H16ClNO3. The number of aliphatic carboxylic acids is 1. The van der Waals surface area contributed by atoms with Crippen LogP contribution in [0.1, 0.15) is 13.8 Å². The maximum absolute atomic E-state index is 10.8. The van der Waals surface area contributed by atoms with Gasteiger partial charge in [0, 0.05) is 17.8 Å². The number of carboxylic acids is 1. The molecule has 0 saturated heterocycles. The molecule has 2 atom stereocenters. The van der Waals surface area contributed by atoms with E-state index in [2.05, 4.69) is 5.32 Å². The molecule has 0 aliphatic carbocycles. The van der Waals surface area contributed by atoms with Gasteiger partial charge in [0.15, 0.2) is 0 Å². The Morgan fingerprint density at radius 2 is 2.12 bits per heavy atom. The molecule has 1 aromatic carbocycles. The Labute approximate surface area is 106 Å². The Morgan fingerprint density at radius 1 is 1.47 bits per heavy atom. The van der Waals surface area contributed by atoms with E-state index < -0.39 is 11.9 Å². The predicted molar refractivity (Wildman–Crippen MR) is 67.9 cm³/mol. The average molecular weight is 258 g/mol. The maximum Gasteiger partial charge on any atom is 0.308 e. The lowest BCUT2D eigenvalue weighted by Crippen LogP contribution is -2.29. The molecule has 94 valence electrons. The molecule has 0 aromatic heterocycles. The van der Waals surface area contributed by atoms with Crippen molar-refractivity contribution >= 4 is 23.3 Å². The van der Waals surface area contributed by atoms with E-state index in [-0.39, 0.29) is 6.04 Å². The second kappa shape index (κ2) is 5.77. The van der Waals surface area contributed by atoms with Crippen molar-refractivity contribution < 1.29 is 14.6 Å². The third kappa shape index (κ3) is 3.53. The smallest absolute Gasteiger partial charge is 0.308 e. The van der Waals surface area contributed by atoms with Crippen LogP contribution in [0.4, 0.5) is 5.69 Å². The molecule has 0 radical (unpaired) electrons. The third-order valence-electron chi connectivity index (χ3n) is 2.68. The Hall–Kier alpha value is -1.42. The molecule has 0 amide bonds. The molecule has 1 rings (SSSR count). The van der Waals surface area contributed by atoms with Crippen LogP contribution in [0.5, 0.6) is 5.75 Å². The van der Waals surface area contributed by atoms with E-state index in [9.17, 15) is 4.79 Å². The van der Waals surface area contributed by atoms with Gasteiger partial charge in [-0.25, -0.2) is 0 Å². The van der Waals surface area contributed by atoms with Crippen molar-refractivity contribution in [2.45, 2.75) is 19.9 Å². The van der Waals surface area contributed by atoms with Crippen LogP contribution in [0.3, 0.4) is 0 Å². The van der Waals surface area contributed by atoms with E-state index in [0.717, 1.165) is 5.69 Å². The number of nitrogens with one attached hydrogen (secondary N) is 1. The lowest BCUT2D eigenvalue weighted by Gasteiger charge is -2.19. The largest absolute Gasteiger partial charge is 0.495 e. The van der Waals surface area contributed by atoms with Gasteiger partial charge in [0.25, 0.3) is 0 Å². The molecule has 0 heterocycles. The van der Waals surface area contributed by atoms with Crippen molar-refractivity contribution in [1.29, 1.82) is 0 Å². The summed E-state index contributed by atoms with van der Waals surface area (Å²) in [6, 6.07) is 5.06. The van der Waals surface area contributed by atoms with Gasteiger partial charge < -0.3 is 15.2 Å². The number of hydrogen-bond acceptors (Lipinski definition) is 3. The van der Waals surface area contributed by atoms with Gasteiger partial charge in [-0.15, -0.1) is 0 Å². The highest BCUT2D eigenvalue weighted by Crippen LogP contribution is 2.28. The first kappa shape index (κ1) is 13.6. The zero-order valence-electron chi connectivity index (χ0n) is 10.0. The van der Waals surface area contributed by atoms with Gasteiger partial charge in [-0.2, -0.15) is 0 Å². The van der Waals surface area contributed by atoms with Gasteiger partial charge in [0.2, 0.25) is 0 Å². The van der Waals surface area contributed by atoms with E-state index in [4.69, 9.17) is 21.4 Å². The first-order valence-electron chi connectivity index (χ1n) is 5.28. The summed E-state index contributed by atoms with van der Waals surface area (Å²) in [5, 5.41) is 12.5. The van der Waals surface area contributed by atoms with E-state index in [1.165, 1.54) is 7.11 Å². The minimum Gasteiger partial charge on any atom is -0.495 e. The molecule has 0 saturated carbocycles. The molecule has 0 spiro atoms. The van der Waals surface area contributed by atoms with Gasteiger partial charge in [0.1, 0.15) is 5.75 Å². The van der Waals surface area contributed by atoms with Crippen molar-refractivity contribution in [1.82, 2.24) is 0 Å². The highest BCUT2D eigenvalue weighted by Gasteiger charge is 2.19. The number of hydrogen-bond donors (Lipinski definition) is 2. The van der Waals surface area contributed by atoms with Gasteiger partial charge in [-0.05, 0) is 26.0 Å². The quantitative estimate of drug-likeness (QED) is 0.852. The summed E-state index contributed by atoms with van der Waals surface area (Å²) in [5.74, 6) is -0.741. The molecule has 0 bridgehead atoms. The fourth-order valence-corrected chi connectivity index (χ4v) is 1.55. The second-order valence-corrected chi connectivity index (χ2v) is 4.32. The minimum atomic E-state index is -0.828. The van der Waals surface area contributed by atoms with E-state index >= 15 is 0 Å². The monoisotopic (exact) mass is 257 g/mol. The first-order chi connectivity index (χ1) is 7.95. The molecule has 2 N–H and O–H groups in total. The number of ether oxygens (including phenoxy) is 1. The summed E-state index contributed by atoms with van der Waals surface area (Å²) in [5.41, 5.74) is 0.784. The van der Waals surface area contributed by atoms with Gasteiger partial charge in [0.05, 0.1) is 18.1 Å². The van der Waals surface area contributed by atoms with Crippen molar-refractivity contribution in [3.8, 4) is 5.75 Å². The predicted octanol–water partition coefficient (Wildman–Crippen LogP) is 2.87. The Bertz CT molecular complexity index is 409. The van der Waals surface area contributed by atoms with Crippen LogP contribution in [0.25, 0.3) is 0 Å². The fraction of sp³-hybridized carbons (Fsp3) is 0.417. The number of carboxylic acid groups (broad SMARTS) is 1. The van der Waals surface area contributed by atoms with Crippen LogP contribution in [0, 0.1) is 5.92 Å². The normalized spacial score (nSPS) is 13.9. The van der Waals surface area contributed by atoms with Crippen LogP contribution < -0.4 is 10.1 Å². The summed E-state index contributed by atoms with van der Waals surface area (Å²) in [7, 11) is 1.54. The number of methoxy groups -OCH3 is 1. The second-order valence-electron chi connectivity index (χ2n) is 3.91. The molecule has 1 aromatic rings. The standard InChI is InChI=1S/C12H16ClNO3/c1-7(12(15)16)8(2)14-9-4-5-10(13)11(6-9)17-3/h4-8,14H,1-3H3,(H,15,16). The molecule has 4 nitrogen and oxygen atoms in total. The van der Waals surface area contributed by atoms with E-state index in [1.54, 1.807) is 25.1 Å².